The van der Waals surface area contributed by atoms with E-state index in [0.29, 0.717) is 17.6 Å². The van der Waals surface area contributed by atoms with Gasteiger partial charge in [0.15, 0.2) is 0 Å². The molecule has 1 fully saturated rings. The molecule has 1 aliphatic heterocycles. The Morgan fingerprint density at radius 2 is 2.13 bits per heavy atom. The number of carbonyl (C=O) groups excluding carboxylic acids is 1. The number of anilines is 2. The molecule has 2 aromatic rings. The Morgan fingerprint density at radius 1 is 1.30 bits per heavy atom. The summed E-state index contributed by atoms with van der Waals surface area (Å²) in [5.74, 6) is 1.08. The Morgan fingerprint density at radius 3 is 2.91 bits per heavy atom. The Kier molecular flexibility index (Phi) is 4.55. The van der Waals surface area contributed by atoms with Gasteiger partial charge in [-0.1, -0.05) is 25.1 Å². The zero-order valence-electron chi connectivity index (χ0n) is 13.6. The van der Waals surface area contributed by atoms with Crippen molar-refractivity contribution in [2.75, 3.05) is 23.3 Å². The molecule has 5 nitrogen and oxygen atoms in total. The SMILES string of the molecule is Cc1ccccc1NC(=O)c1ccnc(N2CCCC(C)C2)n1. The lowest BCUT2D eigenvalue weighted by molar-refractivity contribution is 0.102. The number of aromatic nitrogens is 2. The maximum Gasteiger partial charge on any atom is 0.274 e. The highest BCUT2D eigenvalue weighted by Crippen LogP contribution is 2.20. The van der Waals surface area contributed by atoms with Gasteiger partial charge in [0.1, 0.15) is 5.69 Å². The summed E-state index contributed by atoms with van der Waals surface area (Å²) < 4.78 is 0. The highest BCUT2D eigenvalue weighted by Gasteiger charge is 2.19. The van der Waals surface area contributed by atoms with E-state index in [-0.39, 0.29) is 5.91 Å². The number of carbonyl (C=O) groups is 1. The molecule has 3 rings (SSSR count). The molecule has 5 heteroatoms. The van der Waals surface area contributed by atoms with E-state index in [0.717, 1.165) is 30.8 Å². The lowest BCUT2D eigenvalue weighted by Crippen LogP contribution is -2.35. The predicted octanol–water partition coefficient (Wildman–Crippen LogP) is 3.27. The van der Waals surface area contributed by atoms with Gasteiger partial charge in [-0.2, -0.15) is 0 Å². The average molecular weight is 310 g/mol. The van der Waals surface area contributed by atoms with Gasteiger partial charge in [0, 0.05) is 25.0 Å². The minimum Gasteiger partial charge on any atom is -0.341 e. The molecular formula is C18H22N4O. The molecule has 23 heavy (non-hydrogen) atoms. The van der Waals surface area contributed by atoms with Crippen molar-refractivity contribution in [3.8, 4) is 0 Å². The molecule has 0 radical (unpaired) electrons. The summed E-state index contributed by atoms with van der Waals surface area (Å²) in [7, 11) is 0. The maximum absolute atomic E-state index is 12.4. The molecule has 1 saturated heterocycles. The van der Waals surface area contributed by atoms with Crippen LogP contribution in [0.3, 0.4) is 0 Å². The van der Waals surface area contributed by atoms with Gasteiger partial charge < -0.3 is 10.2 Å². The number of benzene rings is 1. The van der Waals surface area contributed by atoms with Gasteiger partial charge >= 0.3 is 0 Å². The van der Waals surface area contributed by atoms with Crippen molar-refractivity contribution in [3.05, 3.63) is 47.8 Å². The topological polar surface area (TPSA) is 58.1 Å². The molecule has 1 atom stereocenters. The van der Waals surface area contributed by atoms with E-state index in [1.165, 1.54) is 6.42 Å². The van der Waals surface area contributed by atoms with Crippen molar-refractivity contribution < 1.29 is 4.79 Å². The van der Waals surface area contributed by atoms with Gasteiger partial charge in [-0.3, -0.25) is 4.79 Å². The second-order valence-corrected chi connectivity index (χ2v) is 6.20. The van der Waals surface area contributed by atoms with E-state index in [1.54, 1.807) is 12.3 Å². The summed E-state index contributed by atoms with van der Waals surface area (Å²) in [5.41, 5.74) is 2.24. The van der Waals surface area contributed by atoms with E-state index in [2.05, 4.69) is 27.1 Å². The first-order valence-corrected chi connectivity index (χ1v) is 8.08. The fraction of sp³-hybridized carbons (Fsp3) is 0.389. The first-order valence-electron chi connectivity index (χ1n) is 8.08. The largest absolute Gasteiger partial charge is 0.341 e. The molecular weight excluding hydrogens is 288 g/mol. The second kappa shape index (κ2) is 6.77. The van der Waals surface area contributed by atoms with Crippen LogP contribution in [-0.4, -0.2) is 29.0 Å². The van der Waals surface area contributed by atoms with Crippen LogP contribution in [-0.2, 0) is 0 Å². The number of aryl methyl sites for hydroxylation is 1. The summed E-state index contributed by atoms with van der Waals surface area (Å²) in [6.45, 7) is 6.10. The van der Waals surface area contributed by atoms with E-state index in [1.807, 2.05) is 31.2 Å². The lowest BCUT2D eigenvalue weighted by atomic mass is 10.0. The Bertz CT molecular complexity index is 701. The van der Waals surface area contributed by atoms with Gasteiger partial charge in [0.05, 0.1) is 0 Å². The second-order valence-electron chi connectivity index (χ2n) is 6.20. The van der Waals surface area contributed by atoms with E-state index in [9.17, 15) is 4.79 Å². The normalized spacial score (nSPS) is 17.8. The zero-order valence-corrected chi connectivity index (χ0v) is 13.6. The van der Waals surface area contributed by atoms with Crippen LogP contribution in [0, 0.1) is 12.8 Å². The maximum atomic E-state index is 12.4. The summed E-state index contributed by atoms with van der Waals surface area (Å²) in [6, 6.07) is 9.37. The van der Waals surface area contributed by atoms with Crippen LogP contribution in [0.1, 0.15) is 35.8 Å². The van der Waals surface area contributed by atoms with E-state index in [4.69, 9.17) is 0 Å². The van der Waals surface area contributed by atoms with Crippen molar-refractivity contribution >= 4 is 17.5 Å². The quantitative estimate of drug-likeness (QED) is 0.945. The van der Waals surface area contributed by atoms with Gasteiger partial charge in [0.25, 0.3) is 5.91 Å². The fourth-order valence-corrected chi connectivity index (χ4v) is 2.90. The number of rotatable bonds is 3. The summed E-state index contributed by atoms with van der Waals surface area (Å²) >= 11 is 0. The van der Waals surface area contributed by atoms with Crippen LogP contribution < -0.4 is 10.2 Å². The fourth-order valence-electron chi connectivity index (χ4n) is 2.90. The number of para-hydroxylation sites is 1. The zero-order chi connectivity index (χ0) is 16.2. The monoisotopic (exact) mass is 310 g/mol. The Hall–Kier alpha value is -2.43. The summed E-state index contributed by atoms with van der Waals surface area (Å²) in [6.07, 6.45) is 4.04. The third-order valence-electron chi connectivity index (χ3n) is 4.21. The number of hydrogen-bond donors (Lipinski definition) is 1. The average Bonchev–Trinajstić information content (AvgIpc) is 2.57. The first-order chi connectivity index (χ1) is 11.1. The Labute approximate surface area is 136 Å². The van der Waals surface area contributed by atoms with Crippen LogP contribution in [0.15, 0.2) is 36.5 Å². The van der Waals surface area contributed by atoms with Crippen LogP contribution in [0.2, 0.25) is 0 Å². The van der Waals surface area contributed by atoms with Gasteiger partial charge in [-0.05, 0) is 43.4 Å². The number of hydrogen-bond acceptors (Lipinski definition) is 4. The minimum atomic E-state index is -0.201. The molecule has 1 aliphatic rings. The van der Waals surface area contributed by atoms with Crippen LogP contribution >= 0.6 is 0 Å². The molecule has 1 aromatic carbocycles. The molecule has 2 heterocycles. The summed E-state index contributed by atoms with van der Waals surface area (Å²) in [4.78, 5) is 23.4. The predicted molar refractivity (Wildman–Crippen MR) is 91.8 cm³/mol. The first kappa shape index (κ1) is 15.5. The van der Waals surface area contributed by atoms with Crippen molar-refractivity contribution in [3.63, 3.8) is 0 Å². The molecule has 1 N–H and O–H groups in total. The van der Waals surface area contributed by atoms with E-state index < -0.39 is 0 Å². The number of amides is 1. The van der Waals surface area contributed by atoms with Crippen molar-refractivity contribution in [1.29, 1.82) is 0 Å². The van der Waals surface area contributed by atoms with Crippen molar-refractivity contribution in [1.82, 2.24) is 9.97 Å². The smallest absolute Gasteiger partial charge is 0.274 e. The van der Waals surface area contributed by atoms with Gasteiger partial charge in [0.2, 0.25) is 5.95 Å². The third kappa shape index (κ3) is 3.67. The van der Waals surface area contributed by atoms with Crippen LogP contribution in [0.25, 0.3) is 0 Å². The van der Waals surface area contributed by atoms with Gasteiger partial charge in [-0.15, -0.1) is 0 Å². The molecule has 1 aromatic heterocycles. The van der Waals surface area contributed by atoms with Crippen LogP contribution in [0.5, 0.6) is 0 Å². The van der Waals surface area contributed by atoms with Crippen molar-refractivity contribution in [2.24, 2.45) is 5.92 Å². The molecule has 1 amide bonds. The highest BCUT2D eigenvalue weighted by atomic mass is 16.1. The molecule has 0 aliphatic carbocycles. The highest BCUT2D eigenvalue weighted by molar-refractivity contribution is 6.03. The number of piperidine rings is 1. The molecule has 0 bridgehead atoms. The van der Waals surface area contributed by atoms with Gasteiger partial charge in [-0.25, -0.2) is 9.97 Å². The Balaban J connectivity index is 1.76. The number of nitrogens with one attached hydrogen (secondary N) is 1. The third-order valence-corrected chi connectivity index (χ3v) is 4.21. The van der Waals surface area contributed by atoms with E-state index >= 15 is 0 Å². The number of nitrogens with zero attached hydrogens (tertiary/aromatic N) is 3. The molecule has 1 unspecified atom stereocenters. The van der Waals surface area contributed by atoms with Crippen LogP contribution in [0.4, 0.5) is 11.6 Å². The molecule has 0 saturated carbocycles. The minimum absolute atomic E-state index is 0.201. The molecule has 0 spiro atoms. The standard InChI is InChI=1S/C18H22N4O/c1-13-6-5-11-22(12-13)18-19-10-9-16(21-18)17(23)20-15-8-4-3-7-14(15)2/h3-4,7-10,13H,5-6,11-12H2,1-2H3,(H,20,23). The molecule has 120 valence electrons. The lowest BCUT2D eigenvalue weighted by Gasteiger charge is -2.30. The van der Waals surface area contributed by atoms with Crippen molar-refractivity contribution in [2.45, 2.75) is 26.7 Å². The summed E-state index contributed by atoms with van der Waals surface area (Å²) in [5, 5.41) is 2.92.